The highest BCUT2D eigenvalue weighted by molar-refractivity contribution is 7.67. The predicted octanol–water partition coefficient (Wildman–Crippen LogP) is 7.98. The Labute approximate surface area is 222 Å². The van der Waals surface area contributed by atoms with Gasteiger partial charge in [-0.1, -0.05) is 45.4 Å². The molecule has 36 heavy (non-hydrogen) atoms. The molecule has 6 bridgehead atoms. The zero-order valence-corrected chi connectivity index (χ0v) is 23.9. The lowest BCUT2D eigenvalue weighted by Gasteiger charge is -2.60. The van der Waals surface area contributed by atoms with Gasteiger partial charge in [0.25, 0.3) is 0 Å². The molecule has 7 fully saturated rings. The third-order valence-corrected chi connectivity index (χ3v) is 14.9. The lowest BCUT2D eigenvalue weighted by molar-refractivity contribution is -0.00516. The van der Waals surface area contributed by atoms with Gasteiger partial charge in [-0.15, -0.1) is 0 Å². The molecule has 1 heterocycles. The van der Waals surface area contributed by atoms with Crippen molar-refractivity contribution < 1.29 is 4.74 Å². The van der Waals surface area contributed by atoms with E-state index >= 15 is 0 Å². The van der Waals surface area contributed by atoms with Crippen molar-refractivity contribution in [2.24, 2.45) is 35.5 Å². The third-order valence-electron chi connectivity index (χ3n) is 11.5. The lowest BCUT2D eigenvalue weighted by Crippen LogP contribution is -2.51. The van der Waals surface area contributed by atoms with Crippen molar-refractivity contribution in [3.05, 3.63) is 24.3 Å². The summed E-state index contributed by atoms with van der Waals surface area (Å²) in [7, 11) is -0.126. The molecule has 1 aliphatic heterocycles. The molecule has 6 saturated carbocycles. The van der Waals surface area contributed by atoms with E-state index in [-0.39, 0.29) is 7.92 Å². The van der Waals surface area contributed by atoms with Crippen LogP contribution in [-0.2, 0) is 4.74 Å². The van der Waals surface area contributed by atoms with E-state index in [9.17, 15) is 0 Å². The van der Waals surface area contributed by atoms with Crippen LogP contribution in [0.25, 0.3) is 0 Å². The Morgan fingerprint density at radius 2 is 1.39 bits per heavy atom. The van der Waals surface area contributed by atoms with Crippen LogP contribution in [0.4, 0.5) is 5.69 Å². The zero-order chi connectivity index (χ0) is 24.3. The molecule has 0 radical (unpaired) electrons. The second-order valence-electron chi connectivity index (χ2n) is 14.5. The number of hydrogen-bond acceptors (Lipinski definition) is 2. The number of para-hydroxylation sites is 1. The fourth-order valence-electron chi connectivity index (χ4n) is 10.8. The molecule has 0 N–H and O–H groups in total. The molecule has 1 aromatic carbocycles. The number of rotatable bonds is 6. The quantitative estimate of drug-likeness (QED) is 0.362. The summed E-state index contributed by atoms with van der Waals surface area (Å²) in [6.45, 7) is 6.65. The van der Waals surface area contributed by atoms with E-state index in [1.165, 1.54) is 31.8 Å². The first-order chi connectivity index (χ1) is 17.5. The Morgan fingerprint density at radius 3 is 2.03 bits per heavy atom. The average Bonchev–Trinajstić information content (AvgIpc) is 2.83. The molecule has 6 aliphatic carbocycles. The second-order valence-corrected chi connectivity index (χ2v) is 17.2. The third kappa shape index (κ3) is 4.70. The SMILES string of the molecule is CC1CN(c2ccccc2P(CCC2CC3CCCC(C3)C2)C23CC4CC(CC(C4)C2)C3)CC(C)O1. The summed E-state index contributed by atoms with van der Waals surface area (Å²) in [5, 5.41) is 2.43. The van der Waals surface area contributed by atoms with Crippen LogP contribution in [0.2, 0.25) is 0 Å². The summed E-state index contributed by atoms with van der Waals surface area (Å²) >= 11 is 0. The van der Waals surface area contributed by atoms with Gasteiger partial charge in [-0.2, -0.15) is 0 Å². The maximum Gasteiger partial charge on any atom is 0.0726 e. The number of fused-ring (bicyclic) bond motifs is 2. The molecule has 5 atom stereocenters. The fourth-order valence-corrected chi connectivity index (χ4v) is 14.8. The van der Waals surface area contributed by atoms with Crippen LogP contribution in [0.3, 0.4) is 0 Å². The standard InChI is InChI=1S/C33H50NOP/c1-23-21-34(22-24(2)35-23)31-8-3-4-9-32(31)36(11-10-27-13-25-6-5-7-26(12-25)14-27)33-18-28-15-29(19-33)17-30(16-28)20-33/h3-4,8-9,23-30H,5-7,10-22H2,1-2H3. The minimum Gasteiger partial charge on any atom is -0.372 e. The van der Waals surface area contributed by atoms with Crippen molar-refractivity contribution in [1.29, 1.82) is 0 Å². The van der Waals surface area contributed by atoms with Gasteiger partial charge in [-0.3, -0.25) is 0 Å². The molecule has 3 heteroatoms. The number of ether oxygens (including phenoxy) is 1. The van der Waals surface area contributed by atoms with Crippen molar-refractivity contribution in [2.45, 2.75) is 115 Å². The molecule has 5 unspecified atom stereocenters. The fraction of sp³-hybridized carbons (Fsp3) is 0.818. The summed E-state index contributed by atoms with van der Waals surface area (Å²) in [4.78, 5) is 2.72. The molecule has 8 rings (SSSR count). The summed E-state index contributed by atoms with van der Waals surface area (Å²) in [6, 6.07) is 9.78. The first kappa shape index (κ1) is 24.5. The average molecular weight is 508 g/mol. The number of morpholine rings is 1. The molecule has 0 aromatic heterocycles. The monoisotopic (exact) mass is 507 g/mol. The van der Waals surface area contributed by atoms with E-state index in [1.807, 2.05) is 0 Å². The highest BCUT2D eigenvalue weighted by Gasteiger charge is 2.54. The smallest absolute Gasteiger partial charge is 0.0726 e. The van der Waals surface area contributed by atoms with Gasteiger partial charge < -0.3 is 9.64 Å². The molecule has 2 nitrogen and oxygen atoms in total. The van der Waals surface area contributed by atoms with Crippen LogP contribution in [0.15, 0.2) is 24.3 Å². The molecule has 1 saturated heterocycles. The van der Waals surface area contributed by atoms with Crippen molar-refractivity contribution in [1.82, 2.24) is 0 Å². The summed E-state index contributed by atoms with van der Waals surface area (Å²) in [5.41, 5.74) is 1.59. The number of anilines is 1. The van der Waals surface area contributed by atoms with Crippen LogP contribution >= 0.6 is 7.92 Å². The van der Waals surface area contributed by atoms with E-state index in [0.29, 0.717) is 17.4 Å². The first-order valence-corrected chi connectivity index (χ1v) is 17.3. The Hall–Kier alpha value is -0.590. The Balaban J connectivity index is 1.20. The van der Waals surface area contributed by atoms with Crippen LogP contribution in [0, 0.1) is 35.5 Å². The van der Waals surface area contributed by atoms with Crippen molar-refractivity contribution >= 4 is 18.9 Å². The predicted molar refractivity (Wildman–Crippen MR) is 154 cm³/mol. The van der Waals surface area contributed by atoms with Gasteiger partial charge in [-0.25, -0.2) is 0 Å². The molecule has 0 amide bonds. The highest BCUT2D eigenvalue weighted by Crippen LogP contribution is 2.69. The van der Waals surface area contributed by atoms with Gasteiger partial charge in [0.05, 0.1) is 12.2 Å². The summed E-state index contributed by atoms with van der Waals surface area (Å²) < 4.78 is 6.17. The van der Waals surface area contributed by atoms with E-state index in [1.54, 1.807) is 68.8 Å². The van der Waals surface area contributed by atoms with E-state index in [0.717, 1.165) is 48.6 Å². The molecule has 0 spiro atoms. The van der Waals surface area contributed by atoms with Crippen LogP contribution in [0.1, 0.15) is 97.3 Å². The Morgan fingerprint density at radius 1 is 0.806 bits per heavy atom. The van der Waals surface area contributed by atoms with Crippen molar-refractivity contribution in [3.8, 4) is 0 Å². The van der Waals surface area contributed by atoms with E-state index in [2.05, 4.69) is 43.0 Å². The number of nitrogens with zero attached hydrogens (tertiary/aromatic N) is 1. The minimum absolute atomic E-state index is 0.126. The highest BCUT2D eigenvalue weighted by atomic mass is 31.1. The van der Waals surface area contributed by atoms with Crippen LogP contribution < -0.4 is 10.2 Å². The molecule has 7 aliphatic rings. The summed E-state index contributed by atoms with van der Waals surface area (Å²) in [5.74, 6) is 6.29. The number of hydrogen-bond donors (Lipinski definition) is 0. The van der Waals surface area contributed by atoms with E-state index in [4.69, 9.17) is 4.74 Å². The van der Waals surface area contributed by atoms with Crippen LogP contribution in [-0.4, -0.2) is 36.6 Å². The maximum absolute atomic E-state index is 6.17. The van der Waals surface area contributed by atoms with Crippen molar-refractivity contribution in [2.75, 3.05) is 24.2 Å². The van der Waals surface area contributed by atoms with Gasteiger partial charge in [0.1, 0.15) is 0 Å². The van der Waals surface area contributed by atoms with Crippen LogP contribution in [0.5, 0.6) is 0 Å². The van der Waals surface area contributed by atoms with Gasteiger partial charge >= 0.3 is 0 Å². The molecular formula is C33H50NOP. The molecule has 198 valence electrons. The van der Waals surface area contributed by atoms with Crippen molar-refractivity contribution in [3.63, 3.8) is 0 Å². The number of benzene rings is 1. The minimum atomic E-state index is -0.126. The first-order valence-electron chi connectivity index (χ1n) is 15.8. The Bertz CT molecular complexity index is 873. The van der Waals surface area contributed by atoms with Gasteiger partial charge in [0.2, 0.25) is 0 Å². The largest absolute Gasteiger partial charge is 0.372 e. The topological polar surface area (TPSA) is 12.5 Å². The normalized spacial score (nSPS) is 44.6. The van der Waals surface area contributed by atoms with Gasteiger partial charge in [0.15, 0.2) is 0 Å². The van der Waals surface area contributed by atoms with E-state index < -0.39 is 0 Å². The van der Waals surface area contributed by atoms with Gasteiger partial charge in [0, 0.05) is 18.8 Å². The zero-order valence-electron chi connectivity index (χ0n) is 23.0. The molecule has 1 aromatic rings. The summed E-state index contributed by atoms with van der Waals surface area (Å²) in [6.07, 6.45) is 22.3. The Kier molecular flexibility index (Phi) is 6.70. The maximum atomic E-state index is 6.17. The molecular weight excluding hydrogens is 457 g/mol. The lowest BCUT2D eigenvalue weighted by atomic mass is 9.56. The van der Waals surface area contributed by atoms with Gasteiger partial charge in [-0.05, 0) is 136 Å². The second kappa shape index (κ2) is 9.86.